The van der Waals surface area contributed by atoms with E-state index in [1.807, 2.05) is 42.5 Å². The van der Waals surface area contributed by atoms with E-state index in [0.29, 0.717) is 0 Å². The van der Waals surface area contributed by atoms with Crippen molar-refractivity contribution < 1.29 is 9.59 Å². The molecule has 98 valence electrons. The number of aldehydes is 2. The van der Waals surface area contributed by atoms with Crippen molar-refractivity contribution in [2.75, 3.05) is 0 Å². The summed E-state index contributed by atoms with van der Waals surface area (Å²) in [6.07, 6.45) is 1.74. The summed E-state index contributed by atoms with van der Waals surface area (Å²) >= 11 is 2.96. The van der Waals surface area contributed by atoms with Crippen LogP contribution in [-0.2, 0) is 0 Å². The molecular formula is C16H10O2S2. The van der Waals surface area contributed by atoms with Crippen molar-refractivity contribution in [2.24, 2.45) is 0 Å². The summed E-state index contributed by atoms with van der Waals surface area (Å²) in [5.41, 5.74) is 2.17. The van der Waals surface area contributed by atoms with E-state index < -0.39 is 0 Å². The van der Waals surface area contributed by atoms with E-state index in [-0.39, 0.29) is 0 Å². The molecule has 2 nitrogen and oxygen atoms in total. The van der Waals surface area contributed by atoms with Crippen molar-refractivity contribution in [1.29, 1.82) is 0 Å². The Morgan fingerprint density at radius 2 is 1.20 bits per heavy atom. The molecule has 1 aromatic carbocycles. The van der Waals surface area contributed by atoms with E-state index in [1.165, 1.54) is 22.7 Å². The van der Waals surface area contributed by atoms with E-state index in [9.17, 15) is 9.59 Å². The van der Waals surface area contributed by atoms with Crippen LogP contribution >= 0.6 is 22.7 Å². The number of hydrogen-bond donors (Lipinski definition) is 0. The molecule has 0 amide bonds. The van der Waals surface area contributed by atoms with Gasteiger partial charge in [0.1, 0.15) is 0 Å². The predicted octanol–water partition coefficient (Wildman–Crippen LogP) is 4.77. The van der Waals surface area contributed by atoms with E-state index in [2.05, 4.69) is 6.07 Å². The quantitative estimate of drug-likeness (QED) is 0.650. The van der Waals surface area contributed by atoms with Crippen LogP contribution in [0.25, 0.3) is 20.9 Å². The van der Waals surface area contributed by atoms with E-state index in [4.69, 9.17) is 0 Å². The van der Waals surface area contributed by atoms with Gasteiger partial charge in [-0.1, -0.05) is 18.2 Å². The Balaban J connectivity index is 2.00. The van der Waals surface area contributed by atoms with Gasteiger partial charge in [-0.05, 0) is 41.5 Å². The molecule has 0 aliphatic rings. The van der Waals surface area contributed by atoms with Gasteiger partial charge in [0.2, 0.25) is 0 Å². The Kier molecular flexibility index (Phi) is 3.58. The summed E-state index contributed by atoms with van der Waals surface area (Å²) in [6, 6.07) is 15.7. The third-order valence-corrected chi connectivity index (χ3v) is 5.04. The van der Waals surface area contributed by atoms with Gasteiger partial charge in [0, 0.05) is 9.75 Å². The Morgan fingerprint density at radius 3 is 1.60 bits per heavy atom. The average Bonchev–Trinajstić information content (AvgIpc) is 3.16. The molecule has 2 aromatic heterocycles. The number of carbonyl (C=O) groups excluding carboxylic acids is 2. The molecular weight excluding hydrogens is 288 g/mol. The van der Waals surface area contributed by atoms with Crippen LogP contribution in [0.4, 0.5) is 0 Å². The Bertz CT molecular complexity index is 707. The Labute approximate surface area is 124 Å². The highest BCUT2D eigenvalue weighted by molar-refractivity contribution is 7.17. The van der Waals surface area contributed by atoms with Crippen molar-refractivity contribution in [3.8, 4) is 20.9 Å². The minimum atomic E-state index is 0.727. The first-order valence-electron chi connectivity index (χ1n) is 6.01. The maximum atomic E-state index is 10.8. The van der Waals surface area contributed by atoms with Crippen molar-refractivity contribution in [2.45, 2.75) is 0 Å². The summed E-state index contributed by atoms with van der Waals surface area (Å²) in [4.78, 5) is 25.1. The van der Waals surface area contributed by atoms with Crippen molar-refractivity contribution in [3.63, 3.8) is 0 Å². The smallest absolute Gasteiger partial charge is 0.160 e. The van der Waals surface area contributed by atoms with Gasteiger partial charge in [0.15, 0.2) is 12.6 Å². The fourth-order valence-corrected chi connectivity index (χ4v) is 3.61. The first-order chi connectivity index (χ1) is 9.80. The minimum Gasteiger partial charge on any atom is -0.297 e. The number of carbonyl (C=O) groups is 2. The van der Waals surface area contributed by atoms with Crippen molar-refractivity contribution >= 4 is 35.2 Å². The monoisotopic (exact) mass is 298 g/mol. The highest BCUT2D eigenvalue weighted by Gasteiger charge is 2.06. The zero-order valence-electron chi connectivity index (χ0n) is 10.4. The molecule has 2 heterocycles. The van der Waals surface area contributed by atoms with Crippen LogP contribution in [0, 0.1) is 0 Å². The van der Waals surface area contributed by atoms with Gasteiger partial charge < -0.3 is 0 Å². The second-order valence-corrected chi connectivity index (χ2v) is 6.45. The molecule has 0 bridgehead atoms. The van der Waals surface area contributed by atoms with Crippen LogP contribution in [-0.4, -0.2) is 12.6 Å². The van der Waals surface area contributed by atoms with Crippen molar-refractivity contribution in [3.05, 3.63) is 58.3 Å². The van der Waals surface area contributed by atoms with Gasteiger partial charge in [-0.3, -0.25) is 9.59 Å². The third kappa shape index (κ3) is 2.48. The second kappa shape index (κ2) is 5.53. The fourth-order valence-electron chi connectivity index (χ4n) is 1.97. The predicted molar refractivity (Wildman–Crippen MR) is 83.8 cm³/mol. The molecule has 0 saturated carbocycles. The molecule has 20 heavy (non-hydrogen) atoms. The molecule has 0 aliphatic heterocycles. The second-order valence-electron chi connectivity index (χ2n) is 4.22. The molecule has 0 atom stereocenters. The summed E-state index contributed by atoms with van der Waals surface area (Å²) in [7, 11) is 0. The van der Waals surface area contributed by atoms with Gasteiger partial charge in [-0.15, -0.1) is 22.7 Å². The first-order valence-corrected chi connectivity index (χ1v) is 7.64. The first kappa shape index (κ1) is 13.0. The Hall–Kier alpha value is -2.04. The topological polar surface area (TPSA) is 34.1 Å². The van der Waals surface area contributed by atoms with Crippen LogP contribution in [0.3, 0.4) is 0 Å². The Morgan fingerprint density at radius 1 is 0.700 bits per heavy atom. The third-order valence-electron chi connectivity index (χ3n) is 2.92. The molecule has 0 aliphatic carbocycles. The molecule has 4 heteroatoms. The molecule has 0 fully saturated rings. The van der Waals surface area contributed by atoms with Crippen LogP contribution in [0.2, 0.25) is 0 Å². The van der Waals surface area contributed by atoms with Crippen LogP contribution < -0.4 is 0 Å². The zero-order chi connectivity index (χ0) is 13.9. The molecule has 3 aromatic rings. The fraction of sp³-hybridized carbons (Fsp3) is 0. The van der Waals surface area contributed by atoms with Gasteiger partial charge in [-0.2, -0.15) is 0 Å². The molecule has 0 unspecified atom stereocenters. The molecule has 0 N–H and O–H groups in total. The highest BCUT2D eigenvalue weighted by Crippen LogP contribution is 2.33. The maximum Gasteiger partial charge on any atom is 0.160 e. The van der Waals surface area contributed by atoms with Gasteiger partial charge in [-0.25, -0.2) is 0 Å². The lowest BCUT2D eigenvalue weighted by molar-refractivity contribution is 0.111. The summed E-state index contributed by atoms with van der Waals surface area (Å²) in [6.45, 7) is 0. The van der Waals surface area contributed by atoms with Gasteiger partial charge in [0.05, 0.1) is 9.75 Å². The maximum absolute atomic E-state index is 10.8. The normalized spacial score (nSPS) is 10.4. The van der Waals surface area contributed by atoms with Gasteiger partial charge >= 0.3 is 0 Å². The SMILES string of the molecule is O=Cc1ccc(-c2cccc(-c3ccc(C=O)s3)c2)s1. The summed E-state index contributed by atoms with van der Waals surface area (Å²) < 4.78 is 0. The number of thiophene rings is 2. The average molecular weight is 298 g/mol. The van der Waals surface area contributed by atoms with E-state index >= 15 is 0 Å². The molecule has 0 radical (unpaired) electrons. The largest absolute Gasteiger partial charge is 0.297 e. The van der Waals surface area contributed by atoms with Crippen LogP contribution in [0.1, 0.15) is 19.3 Å². The van der Waals surface area contributed by atoms with Crippen LogP contribution in [0.15, 0.2) is 48.5 Å². The zero-order valence-corrected chi connectivity index (χ0v) is 12.0. The lowest BCUT2D eigenvalue weighted by Crippen LogP contribution is -1.75. The molecule has 3 rings (SSSR count). The van der Waals surface area contributed by atoms with Gasteiger partial charge in [0.25, 0.3) is 0 Å². The lowest BCUT2D eigenvalue weighted by Gasteiger charge is -2.01. The number of benzene rings is 1. The number of rotatable bonds is 4. The van der Waals surface area contributed by atoms with E-state index in [0.717, 1.165) is 43.2 Å². The number of hydrogen-bond acceptors (Lipinski definition) is 4. The van der Waals surface area contributed by atoms with E-state index in [1.54, 1.807) is 0 Å². The van der Waals surface area contributed by atoms with Crippen molar-refractivity contribution in [1.82, 2.24) is 0 Å². The standard InChI is InChI=1S/C16H10O2S2/c17-9-13-4-6-15(19-13)11-2-1-3-12(8-11)16-7-5-14(10-18)20-16/h1-10H. The lowest BCUT2D eigenvalue weighted by atomic mass is 10.1. The summed E-state index contributed by atoms with van der Waals surface area (Å²) in [5, 5.41) is 0. The minimum absolute atomic E-state index is 0.727. The summed E-state index contributed by atoms with van der Waals surface area (Å²) in [5.74, 6) is 0. The molecule has 0 spiro atoms. The molecule has 0 saturated heterocycles. The van der Waals surface area contributed by atoms with Crippen LogP contribution in [0.5, 0.6) is 0 Å². The highest BCUT2D eigenvalue weighted by atomic mass is 32.1.